The van der Waals surface area contributed by atoms with Gasteiger partial charge in [0.05, 0.1) is 0 Å². The molecule has 0 saturated carbocycles. The third-order valence-corrected chi connectivity index (χ3v) is 5.76. The summed E-state index contributed by atoms with van der Waals surface area (Å²) in [6.07, 6.45) is 1.62. The second-order valence-corrected chi connectivity index (χ2v) is 8.54. The van der Waals surface area contributed by atoms with Gasteiger partial charge in [0, 0.05) is 53.6 Å². The van der Waals surface area contributed by atoms with Crippen LogP contribution in [0, 0.1) is 6.92 Å². The van der Waals surface area contributed by atoms with Crippen molar-refractivity contribution in [3.05, 3.63) is 62.5 Å². The number of thioether (sulfide) groups is 1. The molecule has 1 amide bonds. The van der Waals surface area contributed by atoms with Crippen LogP contribution in [0.15, 0.2) is 45.8 Å². The van der Waals surface area contributed by atoms with Gasteiger partial charge in [-0.3, -0.25) is 14.5 Å². The highest BCUT2D eigenvalue weighted by Gasteiger charge is 2.12. The van der Waals surface area contributed by atoms with Crippen molar-refractivity contribution in [3.8, 4) is 0 Å². The molecule has 7 heteroatoms. The number of aromatic nitrogens is 1. The second kappa shape index (κ2) is 8.88. The topological polar surface area (TPSA) is 54.3 Å². The van der Waals surface area contributed by atoms with Crippen LogP contribution in [0.1, 0.15) is 11.1 Å². The molecule has 0 aliphatic carbocycles. The summed E-state index contributed by atoms with van der Waals surface area (Å²) < 4.78 is 2.16. The first-order valence-corrected chi connectivity index (χ1v) is 10.5. The lowest BCUT2D eigenvalue weighted by atomic mass is 10.1. The lowest BCUT2D eigenvalue weighted by Gasteiger charge is -2.26. The zero-order valence-corrected chi connectivity index (χ0v) is 17.1. The van der Waals surface area contributed by atoms with Crippen LogP contribution in [-0.4, -0.2) is 40.0 Å². The number of aryl methyl sites for hydroxylation is 1. The Bertz CT molecular complexity index is 847. The standard InChI is InChI=1S/C19H22BrN3O2S/c1-14-2-3-15(11-22-6-8-26-9-7-22)10-17(14)21-18(24)13-23-12-16(20)4-5-19(23)25/h2-5,10,12H,6-9,11,13H2,1H3,(H,21,24). The molecule has 1 aliphatic heterocycles. The van der Waals surface area contributed by atoms with Gasteiger partial charge in [0.15, 0.2) is 0 Å². The highest BCUT2D eigenvalue weighted by Crippen LogP contribution is 2.20. The maximum atomic E-state index is 12.4. The molecule has 1 fully saturated rings. The summed E-state index contributed by atoms with van der Waals surface area (Å²) in [6, 6.07) is 9.31. The molecule has 138 valence electrons. The minimum atomic E-state index is -0.208. The first-order chi connectivity index (χ1) is 12.5. The smallest absolute Gasteiger partial charge is 0.251 e. The molecule has 2 aromatic rings. The van der Waals surface area contributed by atoms with Crippen LogP contribution in [0.25, 0.3) is 0 Å². The summed E-state index contributed by atoms with van der Waals surface area (Å²) in [5.74, 6) is 2.15. The molecule has 1 N–H and O–H groups in total. The number of carbonyl (C=O) groups is 1. The molecular formula is C19H22BrN3O2S. The third-order valence-electron chi connectivity index (χ3n) is 4.35. The van der Waals surface area contributed by atoms with E-state index < -0.39 is 0 Å². The van der Waals surface area contributed by atoms with Crippen LogP contribution in [0.3, 0.4) is 0 Å². The van der Waals surface area contributed by atoms with Crippen molar-refractivity contribution in [2.75, 3.05) is 29.9 Å². The average molecular weight is 436 g/mol. The highest BCUT2D eigenvalue weighted by atomic mass is 79.9. The Labute approximate surface area is 165 Å². The molecule has 1 saturated heterocycles. The van der Waals surface area contributed by atoms with E-state index in [1.807, 2.05) is 30.8 Å². The maximum Gasteiger partial charge on any atom is 0.251 e. The second-order valence-electron chi connectivity index (χ2n) is 6.40. The summed E-state index contributed by atoms with van der Waals surface area (Å²) in [5.41, 5.74) is 2.81. The van der Waals surface area contributed by atoms with Crippen LogP contribution >= 0.6 is 27.7 Å². The summed E-state index contributed by atoms with van der Waals surface area (Å²) in [7, 11) is 0. The number of rotatable bonds is 5. The van der Waals surface area contributed by atoms with Gasteiger partial charge in [0.1, 0.15) is 6.54 Å². The normalized spacial score (nSPS) is 15.0. The minimum absolute atomic E-state index is 0.00864. The Balaban J connectivity index is 1.68. The predicted octanol–water partition coefficient (Wildman–Crippen LogP) is 3.11. The van der Waals surface area contributed by atoms with Crippen molar-refractivity contribution in [2.24, 2.45) is 0 Å². The van der Waals surface area contributed by atoms with E-state index in [1.165, 1.54) is 27.7 Å². The summed E-state index contributed by atoms with van der Waals surface area (Å²) in [5, 5.41) is 2.95. The van der Waals surface area contributed by atoms with Gasteiger partial charge in [0.2, 0.25) is 5.91 Å². The number of halogens is 1. The van der Waals surface area contributed by atoms with E-state index in [0.29, 0.717) is 0 Å². The molecule has 26 heavy (non-hydrogen) atoms. The fourth-order valence-corrected chi connectivity index (χ4v) is 4.25. The molecular weight excluding hydrogens is 414 g/mol. The number of benzene rings is 1. The van der Waals surface area contributed by atoms with E-state index >= 15 is 0 Å². The summed E-state index contributed by atoms with van der Waals surface area (Å²) in [6.45, 7) is 5.07. The predicted molar refractivity (Wildman–Crippen MR) is 111 cm³/mol. The number of pyridine rings is 1. The monoisotopic (exact) mass is 435 g/mol. The van der Waals surface area contributed by atoms with Gasteiger partial charge >= 0.3 is 0 Å². The average Bonchev–Trinajstić information content (AvgIpc) is 2.62. The van der Waals surface area contributed by atoms with E-state index in [4.69, 9.17) is 0 Å². The number of nitrogens with one attached hydrogen (secondary N) is 1. The zero-order chi connectivity index (χ0) is 18.5. The Morgan fingerprint density at radius 2 is 2.00 bits per heavy atom. The number of carbonyl (C=O) groups excluding carboxylic acids is 1. The van der Waals surface area contributed by atoms with Crippen molar-refractivity contribution >= 4 is 39.3 Å². The Hall–Kier alpha value is -1.57. The molecule has 0 atom stereocenters. The van der Waals surface area contributed by atoms with Crippen molar-refractivity contribution in [1.82, 2.24) is 9.47 Å². The number of nitrogens with zero attached hydrogens (tertiary/aromatic N) is 2. The molecule has 2 heterocycles. The quantitative estimate of drug-likeness (QED) is 0.783. The van der Waals surface area contributed by atoms with Gasteiger partial charge in [0.25, 0.3) is 5.56 Å². The van der Waals surface area contributed by atoms with Gasteiger partial charge in [-0.15, -0.1) is 0 Å². The Kier molecular flexibility index (Phi) is 6.56. The summed E-state index contributed by atoms with van der Waals surface area (Å²) >= 11 is 5.32. The first kappa shape index (κ1) is 19.2. The molecule has 0 radical (unpaired) electrons. The van der Waals surface area contributed by atoms with Crippen LogP contribution in [0.4, 0.5) is 5.69 Å². The fraction of sp³-hybridized carbons (Fsp3) is 0.368. The molecule has 1 aromatic carbocycles. The maximum absolute atomic E-state index is 12.4. The SMILES string of the molecule is Cc1ccc(CN2CCSCC2)cc1NC(=O)Cn1cc(Br)ccc1=O. The van der Waals surface area contributed by atoms with E-state index in [2.05, 4.69) is 32.2 Å². The lowest BCUT2D eigenvalue weighted by molar-refractivity contribution is -0.116. The summed E-state index contributed by atoms with van der Waals surface area (Å²) in [4.78, 5) is 26.7. The van der Waals surface area contributed by atoms with Crippen molar-refractivity contribution in [3.63, 3.8) is 0 Å². The van der Waals surface area contributed by atoms with Crippen LogP contribution in [0.5, 0.6) is 0 Å². The van der Waals surface area contributed by atoms with E-state index in [1.54, 1.807) is 12.3 Å². The van der Waals surface area contributed by atoms with E-state index in [9.17, 15) is 9.59 Å². The molecule has 0 spiro atoms. The van der Waals surface area contributed by atoms with Crippen molar-refractivity contribution < 1.29 is 4.79 Å². The molecule has 3 rings (SSSR count). The van der Waals surface area contributed by atoms with E-state index in [-0.39, 0.29) is 18.0 Å². The van der Waals surface area contributed by atoms with Crippen LogP contribution < -0.4 is 10.9 Å². The van der Waals surface area contributed by atoms with Crippen molar-refractivity contribution in [1.29, 1.82) is 0 Å². The third kappa shape index (κ3) is 5.22. The largest absolute Gasteiger partial charge is 0.324 e. The van der Waals surface area contributed by atoms with Gasteiger partial charge in [-0.1, -0.05) is 12.1 Å². The fourth-order valence-electron chi connectivity index (χ4n) is 2.89. The number of amides is 1. The molecule has 1 aliphatic rings. The highest BCUT2D eigenvalue weighted by molar-refractivity contribution is 9.10. The van der Waals surface area contributed by atoms with Crippen LogP contribution in [-0.2, 0) is 17.9 Å². The number of anilines is 1. The molecule has 5 nitrogen and oxygen atoms in total. The first-order valence-electron chi connectivity index (χ1n) is 8.57. The zero-order valence-electron chi connectivity index (χ0n) is 14.7. The molecule has 1 aromatic heterocycles. The number of hydrogen-bond donors (Lipinski definition) is 1. The van der Waals surface area contributed by atoms with E-state index in [0.717, 1.165) is 35.4 Å². The van der Waals surface area contributed by atoms with Crippen LogP contribution in [0.2, 0.25) is 0 Å². The number of hydrogen-bond acceptors (Lipinski definition) is 4. The lowest BCUT2D eigenvalue weighted by Crippen LogP contribution is -2.32. The minimum Gasteiger partial charge on any atom is -0.324 e. The van der Waals surface area contributed by atoms with Gasteiger partial charge in [-0.05, 0) is 46.1 Å². The Morgan fingerprint density at radius 3 is 2.77 bits per heavy atom. The Morgan fingerprint density at radius 1 is 1.23 bits per heavy atom. The molecule has 0 unspecified atom stereocenters. The molecule has 0 bridgehead atoms. The van der Waals surface area contributed by atoms with Crippen molar-refractivity contribution in [2.45, 2.75) is 20.0 Å². The van der Waals surface area contributed by atoms with Gasteiger partial charge < -0.3 is 9.88 Å². The van der Waals surface area contributed by atoms with Gasteiger partial charge in [-0.2, -0.15) is 11.8 Å². The van der Waals surface area contributed by atoms with Gasteiger partial charge in [-0.25, -0.2) is 0 Å².